The highest BCUT2D eigenvalue weighted by Gasteiger charge is 2.08. The molecule has 3 rings (SSSR count). The molecule has 0 spiro atoms. The fourth-order valence-corrected chi connectivity index (χ4v) is 2.40. The summed E-state index contributed by atoms with van der Waals surface area (Å²) in [6, 6.07) is 15.7. The summed E-state index contributed by atoms with van der Waals surface area (Å²) >= 11 is 0. The Morgan fingerprint density at radius 3 is 2.46 bits per heavy atom. The molecule has 0 saturated heterocycles. The fraction of sp³-hybridized carbons (Fsp3) is 0.105. The van der Waals surface area contributed by atoms with Crippen molar-refractivity contribution in [3.63, 3.8) is 0 Å². The Bertz CT molecular complexity index is 925. The number of fused-ring (bicyclic) bond motifs is 1. The lowest BCUT2D eigenvalue weighted by molar-refractivity contribution is 0.0706. The fourth-order valence-electron chi connectivity index (χ4n) is 2.40. The zero-order chi connectivity index (χ0) is 18.4. The molecule has 0 bridgehead atoms. The average Bonchev–Trinajstić information content (AvgIpc) is 2.70. The number of hydrogen-bond donors (Lipinski definition) is 3. The molecular formula is C19H17N3O4. The van der Waals surface area contributed by atoms with Crippen LogP contribution in [0.25, 0.3) is 10.8 Å². The number of pyridine rings is 1. The van der Waals surface area contributed by atoms with Crippen LogP contribution >= 0.6 is 0 Å². The van der Waals surface area contributed by atoms with Gasteiger partial charge < -0.3 is 10.1 Å². The maximum absolute atomic E-state index is 12.2. The third kappa shape index (κ3) is 4.14. The number of rotatable bonds is 6. The molecule has 0 aliphatic rings. The van der Waals surface area contributed by atoms with Crippen LogP contribution in [0.3, 0.4) is 0 Å². The number of nitrogens with one attached hydrogen (secondary N) is 2. The van der Waals surface area contributed by atoms with Gasteiger partial charge in [-0.1, -0.05) is 24.3 Å². The minimum absolute atomic E-state index is 0.269. The molecule has 1 aromatic heterocycles. The molecule has 26 heavy (non-hydrogen) atoms. The van der Waals surface area contributed by atoms with E-state index in [0.717, 1.165) is 10.8 Å². The first-order chi connectivity index (χ1) is 12.7. The second-order valence-corrected chi connectivity index (χ2v) is 5.49. The second kappa shape index (κ2) is 8.09. The summed E-state index contributed by atoms with van der Waals surface area (Å²) in [5, 5.41) is 13.2. The highest BCUT2D eigenvalue weighted by atomic mass is 16.5. The zero-order valence-corrected chi connectivity index (χ0v) is 13.8. The summed E-state index contributed by atoms with van der Waals surface area (Å²) in [7, 11) is 0. The smallest absolute Gasteiger partial charge is 0.274 e. The van der Waals surface area contributed by atoms with E-state index in [4.69, 9.17) is 9.94 Å². The molecule has 3 N–H and O–H groups in total. The van der Waals surface area contributed by atoms with Gasteiger partial charge in [-0.2, -0.15) is 0 Å². The minimum Gasteiger partial charge on any atom is -0.492 e. The summed E-state index contributed by atoms with van der Waals surface area (Å²) in [4.78, 5) is 27.5. The first-order valence-electron chi connectivity index (χ1n) is 7.97. The number of carbonyl (C=O) groups is 2. The van der Waals surface area contributed by atoms with Crippen molar-refractivity contribution in [3.05, 3.63) is 72.1 Å². The van der Waals surface area contributed by atoms with Crippen LogP contribution in [0.15, 0.2) is 60.8 Å². The number of amides is 2. The maximum Gasteiger partial charge on any atom is 0.274 e. The van der Waals surface area contributed by atoms with Crippen LogP contribution in [-0.4, -0.2) is 35.2 Å². The van der Waals surface area contributed by atoms with Crippen LogP contribution in [0.4, 0.5) is 0 Å². The van der Waals surface area contributed by atoms with E-state index in [0.29, 0.717) is 23.6 Å². The van der Waals surface area contributed by atoms with Gasteiger partial charge in [0.15, 0.2) is 0 Å². The molecule has 2 amide bonds. The number of benzene rings is 2. The summed E-state index contributed by atoms with van der Waals surface area (Å²) in [6.07, 6.45) is 1.67. The summed E-state index contributed by atoms with van der Waals surface area (Å²) in [5.41, 5.74) is 2.22. The molecule has 1 heterocycles. The van der Waals surface area contributed by atoms with Crippen molar-refractivity contribution in [1.29, 1.82) is 0 Å². The van der Waals surface area contributed by atoms with Gasteiger partial charge in [0.1, 0.15) is 18.1 Å². The highest BCUT2D eigenvalue weighted by molar-refractivity contribution is 5.96. The van der Waals surface area contributed by atoms with Crippen LogP contribution in [0.5, 0.6) is 5.75 Å². The van der Waals surface area contributed by atoms with E-state index in [1.807, 2.05) is 24.3 Å². The summed E-state index contributed by atoms with van der Waals surface area (Å²) in [6.45, 7) is 0.580. The third-order valence-electron chi connectivity index (χ3n) is 3.74. The van der Waals surface area contributed by atoms with E-state index in [-0.39, 0.29) is 12.5 Å². The van der Waals surface area contributed by atoms with Gasteiger partial charge in [0.2, 0.25) is 0 Å². The van der Waals surface area contributed by atoms with Crippen molar-refractivity contribution in [2.45, 2.75) is 0 Å². The predicted molar refractivity (Wildman–Crippen MR) is 95.3 cm³/mol. The summed E-state index contributed by atoms with van der Waals surface area (Å²) < 4.78 is 5.50. The lowest BCUT2D eigenvalue weighted by Crippen LogP contribution is -2.28. The van der Waals surface area contributed by atoms with Gasteiger partial charge >= 0.3 is 0 Å². The summed E-state index contributed by atoms with van der Waals surface area (Å²) in [5.74, 6) is -0.307. The van der Waals surface area contributed by atoms with Crippen LogP contribution in [0.2, 0.25) is 0 Å². The molecule has 3 aromatic rings. The van der Waals surface area contributed by atoms with Crippen molar-refractivity contribution in [2.75, 3.05) is 13.2 Å². The topological polar surface area (TPSA) is 101 Å². The van der Waals surface area contributed by atoms with E-state index in [1.54, 1.807) is 29.9 Å². The van der Waals surface area contributed by atoms with E-state index in [1.165, 1.54) is 12.1 Å². The maximum atomic E-state index is 12.2. The molecule has 7 heteroatoms. The predicted octanol–water partition coefficient (Wildman–Crippen LogP) is 2.16. The Balaban J connectivity index is 1.49. The molecule has 0 saturated carbocycles. The van der Waals surface area contributed by atoms with Crippen molar-refractivity contribution in [2.24, 2.45) is 0 Å². The molecule has 0 atom stereocenters. The average molecular weight is 351 g/mol. The van der Waals surface area contributed by atoms with Gasteiger partial charge in [-0.3, -0.25) is 19.8 Å². The Morgan fingerprint density at radius 2 is 1.73 bits per heavy atom. The monoisotopic (exact) mass is 351 g/mol. The van der Waals surface area contributed by atoms with Gasteiger partial charge in [-0.05, 0) is 35.7 Å². The number of nitrogens with zero attached hydrogens (tertiary/aromatic N) is 1. The van der Waals surface area contributed by atoms with Gasteiger partial charge in [-0.25, -0.2) is 5.48 Å². The van der Waals surface area contributed by atoms with Crippen molar-refractivity contribution < 1.29 is 19.5 Å². The number of aromatic nitrogens is 1. The third-order valence-corrected chi connectivity index (χ3v) is 3.74. The highest BCUT2D eigenvalue weighted by Crippen LogP contribution is 2.13. The first kappa shape index (κ1) is 17.4. The molecule has 7 nitrogen and oxygen atoms in total. The Hall–Kier alpha value is -3.45. The van der Waals surface area contributed by atoms with Crippen LogP contribution < -0.4 is 15.5 Å². The van der Waals surface area contributed by atoms with E-state index in [9.17, 15) is 9.59 Å². The number of hydrogen-bond acceptors (Lipinski definition) is 5. The van der Waals surface area contributed by atoms with E-state index >= 15 is 0 Å². The van der Waals surface area contributed by atoms with Crippen molar-refractivity contribution in [1.82, 2.24) is 15.8 Å². The Morgan fingerprint density at radius 1 is 1.00 bits per heavy atom. The number of hydroxylamine groups is 1. The molecule has 0 unspecified atom stereocenters. The first-order valence-corrected chi connectivity index (χ1v) is 7.97. The van der Waals surface area contributed by atoms with Crippen LogP contribution in [0.1, 0.15) is 20.8 Å². The normalized spacial score (nSPS) is 10.3. The number of carbonyl (C=O) groups excluding carboxylic acids is 2. The SMILES string of the molecule is O=C(NO)c1ccc(OCCNC(=O)c2cc3ccccc3cn2)cc1. The minimum atomic E-state index is -0.591. The standard InChI is InChI=1S/C19H17N3O4/c23-18(22-25)13-5-7-16(8-6-13)26-10-9-20-19(24)17-11-14-3-1-2-4-15(14)12-21-17/h1-8,11-12,25H,9-10H2,(H,20,24)(H,22,23). The second-order valence-electron chi connectivity index (χ2n) is 5.49. The molecule has 2 aromatic carbocycles. The van der Waals surface area contributed by atoms with Crippen LogP contribution in [-0.2, 0) is 0 Å². The van der Waals surface area contributed by atoms with Gasteiger partial charge in [0, 0.05) is 17.1 Å². The molecular weight excluding hydrogens is 334 g/mol. The van der Waals surface area contributed by atoms with Gasteiger partial charge in [0.05, 0.1) is 6.54 Å². The van der Waals surface area contributed by atoms with Crippen molar-refractivity contribution in [3.8, 4) is 5.75 Å². The lowest BCUT2D eigenvalue weighted by atomic mass is 10.1. The van der Waals surface area contributed by atoms with Gasteiger partial charge in [0.25, 0.3) is 11.8 Å². The Labute approximate surface area is 149 Å². The van der Waals surface area contributed by atoms with Crippen molar-refractivity contribution >= 4 is 22.6 Å². The molecule has 0 aliphatic carbocycles. The quantitative estimate of drug-likeness (QED) is 0.359. The lowest BCUT2D eigenvalue weighted by Gasteiger charge is -2.08. The molecule has 0 aliphatic heterocycles. The van der Waals surface area contributed by atoms with E-state index < -0.39 is 5.91 Å². The number of ether oxygens (including phenoxy) is 1. The zero-order valence-electron chi connectivity index (χ0n) is 13.8. The van der Waals surface area contributed by atoms with Gasteiger partial charge in [-0.15, -0.1) is 0 Å². The Kier molecular flexibility index (Phi) is 5.40. The van der Waals surface area contributed by atoms with Crippen LogP contribution in [0, 0.1) is 0 Å². The molecule has 132 valence electrons. The molecule has 0 fully saturated rings. The largest absolute Gasteiger partial charge is 0.492 e. The van der Waals surface area contributed by atoms with E-state index in [2.05, 4.69) is 10.3 Å². The molecule has 0 radical (unpaired) electrons.